The molecule has 18 heavy (non-hydrogen) atoms. The van der Waals surface area contributed by atoms with E-state index in [4.69, 9.17) is 5.73 Å². The van der Waals surface area contributed by atoms with Crippen molar-refractivity contribution in [1.82, 2.24) is 0 Å². The van der Waals surface area contributed by atoms with Gasteiger partial charge in [-0.05, 0) is 31.0 Å². The van der Waals surface area contributed by atoms with Crippen molar-refractivity contribution in [1.29, 1.82) is 0 Å². The molecule has 0 saturated carbocycles. The van der Waals surface area contributed by atoms with Gasteiger partial charge in [0.25, 0.3) is 0 Å². The lowest BCUT2D eigenvalue weighted by molar-refractivity contribution is 0.380. The molecule has 1 atom stereocenters. The Balaban J connectivity index is 2.99. The minimum Gasteiger partial charge on any atom is -0.367 e. The standard InChI is InChI=1S/C15H25FN2/c1-4-12(5-2)15(11-17)18(6-3)14-9-7-8-13(16)10-14/h7-10,12,15H,4-6,11,17H2,1-3H3. The number of hydrogen-bond donors (Lipinski definition) is 1. The Bertz CT molecular complexity index is 350. The molecule has 0 aliphatic heterocycles. The fraction of sp³-hybridized carbons (Fsp3) is 0.600. The van der Waals surface area contributed by atoms with Gasteiger partial charge in [-0.2, -0.15) is 0 Å². The molecule has 0 heterocycles. The lowest BCUT2D eigenvalue weighted by Gasteiger charge is -2.37. The molecule has 1 rings (SSSR count). The van der Waals surface area contributed by atoms with Crippen molar-refractivity contribution >= 4 is 5.69 Å². The highest BCUT2D eigenvalue weighted by atomic mass is 19.1. The molecule has 0 spiro atoms. The normalized spacial score (nSPS) is 12.8. The van der Waals surface area contributed by atoms with Crippen molar-refractivity contribution in [2.45, 2.75) is 39.7 Å². The zero-order valence-corrected chi connectivity index (χ0v) is 11.7. The minimum absolute atomic E-state index is 0.189. The fourth-order valence-corrected chi connectivity index (χ4v) is 2.67. The largest absolute Gasteiger partial charge is 0.367 e. The smallest absolute Gasteiger partial charge is 0.125 e. The number of hydrogen-bond acceptors (Lipinski definition) is 2. The Labute approximate surface area is 110 Å². The Hall–Kier alpha value is -1.09. The summed E-state index contributed by atoms with van der Waals surface area (Å²) in [6.07, 6.45) is 2.20. The number of nitrogens with two attached hydrogens (primary N) is 1. The SMILES string of the molecule is CCC(CC)C(CN)N(CC)c1cccc(F)c1. The minimum atomic E-state index is -0.189. The molecule has 1 aromatic rings. The van der Waals surface area contributed by atoms with Crippen LogP contribution in [0.25, 0.3) is 0 Å². The van der Waals surface area contributed by atoms with Gasteiger partial charge in [0.1, 0.15) is 5.82 Å². The molecule has 0 radical (unpaired) electrons. The van der Waals surface area contributed by atoms with Crippen molar-refractivity contribution in [3.63, 3.8) is 0 Å². The number of nitrogens with zero attached hydrogens (tertiary/aromatic N) is 1. The maximum atomic E-state index is 13.3. The lowest BCUT2D eigenvalue weighted by atomic mass is 9.92. The topological polar surface area (TPSA) is 29.3 Å². The summed E-state index contributed by atoms with van der Waals surface area (Å²) >= 11 is 0. The van der Waals surface area contributed by atoms with Crippen molar-refractivity contribution in [2.24, 2.45) is 11.7 Å². The van der Waals surface area contributed by atoms with E-state index < -0.39 is 0 Å². The molecule has 2 nitrogen and oxygen atoms in total. The van der Waals surface area contributed by atoms with Gasteiger partial charge in [-0.25, -0.2) is 4.39 Å². The third-order valence-corrected chi connectivity index (χ3v) is 3.72. The molecule has 0 fully saturated rings. The first-order chi connectivity index (χ1) is 8.67. The van der Waals surface area contributed by atoms with E-state index in [2.05, 4.69) is 25.7 Å². The molecule has 0 bridgehead atoms. The first-order valence-electron chi connectivity index (χ1n) is 6.90. The van der Waals surface area contributed by atoms with Crippen LogP contribution in [0.4, 0.5) is 10.1 Å². The number of likely N-dealkylation sites (N-methyl/N-ethyl adjacent to an activating group) is 1. The number of halogens is 1. The molecule has 1 aromatic carbocycles. The molecular weight excluding hydrogens is 227 g/mol. The maximum absolute atomic E-state index is 13.3. The van der Waals surface area contributed by atoms with Crippen LogP contribution in [0.5, 0.6) is 0 Å². The van der Waals surface area contributed by atoms with Gasteiger partial charge in [0.05, 0.1) is 0 Å². The van der Waals surface area contributed by atoms with Gasteiger partial charge in [-0.1, -0.05) is 32.8 Å². The second-order valence-corrected chi connectivity index (χ2v) is 4.65. The van der Waals surface area contributed by atoms with E-state index >= 15 is 0 Å². The van der Waals surface area contributed by atoms with Crippen molar-refractivity contribution in [3.05, 3.63) is 30.1 Å². The van der Waals surface area contributed by atoms with Crippen LogP contribution in [-0.4, -0.2) is 19.1 Å². The van der Waals surface area contributed by atoms with Crippen LogP contribution in [0.2, 0.25) is 0 Å². The van der Waals surface area contributed by atoms with E-state index in [1.165, 1.54) is 6.07 Å². The van der Waals surface area contributed by atoms with Crippen LogP contribution >= 0.6 is 0 Å². The maximum Gasteiger partial charge on any atom is 0.125 e. The van der Waals surface area contributed by atoms with Crippen LogP contribution < -0.4 is 10.6 Å². The van der Waals surface area contributed by atoms with E-state index in [-0.39, 0.29) is 11.9 Å². The first kappa shape index (κ1) is 15.0. The Morgan fingerprint density at radius 2 is 1.89 bits per heavy atom. The van der Waals surface area contributed by atoms with Crippen molar-refractivity contribution in [3.8, 4) is 0 Å². The molecule has 102 valence electrons. The van der Waals surface area contributed by atoms with Gasteiger partial charge in [-0.15, -0.1) is 0 Å². The molecule has 3 heteroatoms. The molecule has 0 amide bonds. The number of anilines is 1. The summed E-state index contributed by atoms with van der Waals surface area (Å²) in [5, 5.41) is 0. The van der Waals surface area contributed by atoms with Crippen LogP contribution in [0, 0.1) is 11.7 Å². The summed E-state index contributed by atoms with van der Waals surface area (Å²) in [6, 6.07) is 7.07. The van der Waals surface area contributed by atoms with Gasteiger partial charge >= 0.3 is 0 Å². The van der Waals surface area contributed by atoms with E-state index in [0.717, 1.165) is 25.1 Å². The third kappa shape index (κ3) is 3.45. The van der Waals surface area contributed by atoms with Gasteiger partial charge in [0.15, 0.2) is 0 Å². The van der Waals surface area contributed by atoms with Gasteiger partial charge in [-0.3, -0.25) is 0 Å². The summed E-state index contributed by atoms with van der Waals surface area (Å²) in [5.41, 5.74) is 6.87. The second kappa shape index (κ2) is 7.37. The predicted octanol–water partition coefficient (Wildman–Crippen LogP) is 3.42. The van der Waals surface area contributed by atoms with E-state index in [9.17, 15) is 4.39 Å². The quantitative estimate of drug-likeness (QED) is 0.805. The molecule has 1 unspecified atom stereocenters. The Kier molecular flexibility index (Phi) is 6.13. The van der Waals surface area contributed by atoms with Gasteiger partial charge in [0, 0.05) is 24.8 Å². The summed E-state index contributed by atoms with van der Waals surface area (Å²) in [7, 11) is 0. The average Bonchev–Trinajstić information content (AvgIpc) is 2.39. The highest BCUT2D eigenvalue weighted by molar-refractivity contribution is 5.47. The Morgan fingerprint density at radius 1 is 1.22 bits per heavy atom. The van der Waals surface area contributed by atoms with Crippen molar-refractivity contribution in [2.75, 3.05) is 18.0 Å². The highest BCUT2D eigenvalue weighted by Crippen LogP contribution is 2.24. The Morgan fingerprint density at radius 3 is 2.33 bits per heavy atom. The van der Waals surface area contributed by atoms with E-state index in [0.29, 0.717) is 12.5 Å². The average molecular weight is 252 g/mol. The van der Waals surface area contributed by atoms with Crippen LogP contribution in [0.3, 0.4) is 0 Å². The number of rotatable bonds is 7. The molecule has 0 aromatic heterocycles. The first-order valence-corrected chi connectivity index (χ1v) is 6.90. The van der Waals surface area contributed by atoms with Crippen LogP contribution in [0.1, 0.15) is 33.6 Å². The van der Waals surface area contributed by atoms with Crippen LogP contribution in [0.15, 0.2) is 24.3 Å². The van der Waals surface area contributed by atoms with Gasteiger partial charge in [0.2, 0.25) is 0 Å². The fourth-order valence-electron chi connectivity index (χ4n) is 2.67. The van der Waals surface area contributed by atoms with E-state index in [1.54, 1.807) is 12.1 Å². The molecule has 2 N–H and O–H groups in total. The van der Waals surface area contributed by atoms with Gasteiger partial charge < -0.3 is 10.6 Å². The summed E-state index contributed by atoms with van der Waals surface area (Å²) in [6.45, 7) is 7.93. The molecular formula is C15H25FN2. The molecule has 0 aliphatic carbocycles. The monoisotopic (exact) mass is 252 g/mol. The zero-order chi connectivity index (χ0) is 13.5. The third-order valence-electron chi connectivity index (χ3n) is 3.72. The highest BCUT2D eigenvalue weighted by Gasteiger charge is 2.23. The van der Waals surface area contributed by atoms with E-state index in [1.807, 2.05) is 6.07 Å². The summed E-state index contributed by atoms with van der Waals surface area (Å²) < 4.78 is 13.3. The van der Waals surface area contributed by atoms with Crippen LogP contribution in [-0.2, 0) is 0 Å². The summed E-state index contributed by atoms with van der Waals surface area (Å²) in [4.78, 5) is 2.22. The molecule has 0 saturated heterocycles. The second-order valence-electron chi connectivity index (χ2n) is 4.65. The lowest BCUT2D eigenvalue weighted by Crippen LogP contribution is -2.45. The zero-order valence-electron chi connectivity index (χ0n) is 11.7. The molecule has 0 aliphatic rings. The summed E-state index contributed by atoms with van der Waals surface area (Å²) in [5.74, 6) is 0.365. The van der Waals surface area contributed by atoms with Crippen molar-refractivity contribution < 1.29 is 4.39 Å². The number of benzene rings is 1. The predicted molar refractivity (Wildman–Crippen MR) is 76.3 cm³/mol.